The molecule has 2 atom stereocenters. The number of hydrogen-bond donors (Lipinski definition) is 0. The predicted molar refractivity (Wildman–Crippen MR) is 70.6 cm³/mol. The summed E-state index contributed by atoms with van der Waals surface area (Å²) in [6.07, 6.45) is 0. The average Bonchev–Trinajstić information content (AvgIpc) is 2.51. The van der Waals surface area contributed by atoms with Crippen molar-refractivity contribution in [3.8, 4) is 0 Å². The van der Waals surface area contributed by atoms with E-state index in [0.29, 0.717) is 0 Å². The van der Waals surface area contributed by atoms with E-state index in [0.717, 1.165) is 11.1 Å². The van der Waals surface area contributed by atoms with E-state index in [2.05, 4.69) is 9.78 Å². The highest BCUT2D eigenvalue weighted by atomic mass is 17.2. The van der Waals surface area contributed by atoms with E-state index in [1.54, 1.807) is 24.3 Å². The summed E-state index contributed by atoms with van der Waals surface area (Å²) < 4.78 is 0. The van der Waals surface area contributed by atoms with Crippen molar-refractivity contribution in [2.24, 2.45) is 0 Å². The van der Waals surface area contributed by atoms with Crippen LogP contribution >= 0.6 is 0 Å². The zero-order valence-corrected chi connectivity index (χ0v) is 10.6. The standard InChI is InChI=1S/C16H12O4/c17-15-13(11-7-3-1-4-8-11)14(16(18)20-19-15)12-9-5-2-6-10-12/h1-10,13-14H/t13-,14-/m1/s1. The molecule has 1 aliphatic rings. The van der Waals surface area contributed by atoms with Gasteiger partial charge in [-0.15, -0.1) is 0 Å². The van der Waals surface area contributed by atoms with Gasteiger partial charge in [-0.2, -0.15) is 0 Å². The Morgan fingerprint density at radius 3 is 1.30 bits per heavy atom. The maximum atomic E-state index is 12.0. The van der Waals surface area contributed by atoms with Crippen LogP contribution in [0, 0.1) is 0 Å². The molecular weight excluding hydrogens is 256 g/mol. The van der Waals surface area contributed by atoms with Crippen molar-refractivity contribution in [2.45, 2.75) is 11.8 Å². The first-order valence-corrected chi connectivity index (χ1v) is 6.29. The van der Waals surface area contributed by atoms with Crippen molar-refractivity contribution in [3.05, 3.63) is 71.8 Å². The summed E-state index contributed by atoms with van der Waals surface area (Å²) in [6.45, 7) is 0. The van der Waals surface area contributed by atoms with Crippen LogP contribution < -0.4 is 0 Å². The Morgan fingerprint density at radius 1 is 0.600 bits per heavy atom. The predicted octanol–water partition coefficient (Wildman–Crippen LogP) is 2.57. The van der Waals surface area contributed by atoms with Crippen molar-refractivity contribution in [2.75, 3.05) is 0 Å². The topological polar surface area (TPSA) is 52.6 Å². The van der Waals surface area contributed by atoms with Gasteiger partial charge in [-0.25, -0.2) is 19.4 Å². The van der Waals surface area contributed by atoms with Crippen LogP contribution in [0.5, 0.6) is 0 Å². The molecule has 0 aliphatic carbocycles. The van der Waals surface area contributed by atoms with E-state index >= 15 is 0 Å². The fraction of sp³-hybridized carbons (Fsp3) is 0.125. The van der Waals surface area contributed by atoms with E-state index in [1.807, 2.05) is 36.4 Å². The fourth-order valence-corrected chi connectivity index (χ4v) is 2.44. The van der Waals surface area contributed by atoms with Crippen molar-refractivity contribution in [1.82, 2.24) is 0 Å². The second-order valence-corrected chi connectivity index (χ2v) is 4.58. The zero-order chi connectivity index (χ0) is 13.9. The molecule has 0 spiro atoms. The number of hydrogen-bond acceptors (Lipinski definition) is 4. The molecule has 1 fully saturated rings. The Kier molecular flexibility index (Phi) is 3.21. The molecule has 0 amide bonds. The third-order valence-electron chi connectivity index (χ3n) is 3.36. The summed E-state index contributed by atoms with van der Waals surface area (Å²) in [6, 6.07) is 18.2. The monoisotopic (exact) mass is 268 g/mol. The van der Waals surface area contributed by atoms with Gasteiger partial charge in [0.05, 0.1) is 0 Å². The van der Waals surface area contributed by atoms with Crippen molar-refractivity contribution in [3.63, 3.8) is 0 Å². The van der Waals surface area contributed by atoms with Gasteiger partial charge in [-0.3, -0.25) is 0 Å². The Labute approximate surface area is 115 Å². The smallest absolute Gasteiger partial charge is 0.247 e. The van der Waals surface area contributed by atoms with Crippen LogP contribution in [0.25, 0.3) is 0 Å². The van der Waals surface area contributed by atoms with Gasteiger partial charge < -0.3 is 0 Å². The highest BCUT2D eigenvalue weighted by Gasteiger charge is 2.44. The molecule has 2 aromatic rings. The molecule has 0 N–H and O–H groups in total. The quantitative estimate of drug-likeness (QED) is 0.785. The molecule has 1 heterocycles. The Hall–Kier alpha value is -2.62. The maximum absolute atomic E-state index is 12.0. The maximum Gasteiger partial charge on any atom is 0.364 e. The average molecular weight is 268 g/mol. The molecular formula is C16H12O4. The van der Waals surface area contributed by atoms with Crippen LogP contribution in [0.2, 0.25) is 0 Å². The van der Waals surface area contributed by atoms with Gasteiger partial charge in [-0.05, 0) is 11.1 Å². The van der Waals surface area contributed by atoms with Crippen LogP contribution in [0.15, 0.2) is 60.7 Å². The lowest BCUT2D eigenvalue weighted by atomic mass is 9.81. The summed E-state index contributed by atoms with van der Waals surface area (Å²) in [7, 11) is 0. The van der Waals surface area contributed by atoms with Gasteiger partial charge >= 0.3 is 11.9 Å². The third-order valence-corrected chi connectivity index (χ3v) is 3.36. The molecule has 0 saturated carbocycles. The highest BCUT2D eigenvalue weighted by Crippen LogP contribution is 2.38. The lowest BCUT2D eigenvalue weighted by Crippen LogP contribution is -2.35. The van der Waals surface area contributed by atoms with Gasteiger partial charge in [0, 0.05) is 0 Å². The Bertz CT molecular complexity index is 564. The first-order valence-electron chi connectivity index (χ1n) is 6.29. The van der Waals surface area contributed by atoms with Crippen LogP contribution in [0.3, 0.4) is 0 Å². The molecule has 4 heteroatoms. The van der Waals surface area contributed by atoms with Gasteiger partial charge in [0.25, 0.3) is 0 Å². The van der Waals surface area contributed by atoms with Crippen molar-refractivity contribution in [1.29, 1.82) is 0 Å². The minimum Gasteiger partial charge on any atom is -0.247 e. The van der Waals surface area contributed by atoms with Crippen LogP contribution in [-0.2, 0) is 19.4 Å². The summed E-state index contributed by atoms with van der Waals surface area (Å²) in [4.78, 5) is 33.1. The first-order chi connectivity index (χ1) is 9.77. The summed E-state index contributed by atoms with van der Waals surface area (Å²) in [5, 5.41) is 0. The molecule has 0 aromatic heterocycles. The van der Waals surface area contributed by atoms with Gasteiger partial charge in [-0.1, -0.05) is 60.7 Å². The molecule has 2 aromatic carbocycles. The summed E-state index contributed by atoms with van der Waals surface area (Å²) in [5.74, 6) is -2.46. The molecule has 1 saturated heterocycles. The van der Waals surface area contributed by atoms with Crippen LogP contribution in [-0.4, -0.2) is 11.9 Å². The minimum atomic E-state index is -0.681. The molecule has 4 nitrogen and oxygen atoms in total. The fourth-order valence-electron chi connectivity index (χ4n) is 2.44. The molecule has 1 aliphatic heterocycles. The lowest BCUT2D eigenvalue weighted by molar-refractivity contribution is -0.272. The summed E-state index contributed by atoms with van der Waals surface area (Å²) >= 11 is 0. The van der Waals surface area contributed by atoms with Crippen LogP contribution in [0.1, 0.15) is 23.0 Å². The van der Waals surface area contributed by atoms with E-state index in [1.165, 1.54) is 0 Å². The molecule has 20 heavy (non-hydrogen) atoms. The molecule has 0 unspecified atom stereocenters. The Balaban J connectivity index is 2.07. The minimum absolute atomic E-state index is 0.551. The summed E-state index contributed by atoms with van der Waals surface area (Å²) in [5.41, 5.74) is 1.48. The van der Waals surface area contributed by atoms with Gasteiger partial charge in [0.2, 0.25) is 0 Å². The molecule has 3 rings (SSSR count). The molecule has 0 radical (unpaired) electrons. The Morgan fingerprint density at radius 2 is 0.950 bits per heavy atom. The zero-order valence-electron chi connectivity index (χ0n) is 10.6. The van der Waals surface area contributed by atoms with E-state index in [-0.39, 0.29) is 0 Å². The lowest BCUT2D eigenvalue weighted by Gasteiger charge is -2.27. The number of rotatable bonds is 2. The van der Waals surface area contributed by atoms with Crippen LogP contribution in [0.4, 0.5) is 0 Å². The van der Waals surface area contributed by atoms with Gasteiger partial charge in [0.1, 0.15) is 11.8 Å². The normalized spacial score (nSPS) is 22.0. The number of benzene rings is 2. The molecule has 100 valence electrons. The largest absolute Gasteiger partial charge is 0.364 e. The molecule has 0 bridgehead atoms. The first kappa shape index (κ1) is 12.4. The second-order valence-electron chi connectivity index (χ2n) is 4.58. The third kappa shape index (κ3) is 2.16. The second kappa shape index (κ2) is 5.17. The van der Waals surface area contributed by atoms with Crippen molar-refractivity contribution < 1.29 is 19.4 Å². The van der Waals surface area contributed by atoms with Crippen molar-refractivity contribution >= 4 is 11.9 Å². The number of carbonyl (C=O) groups excluding carboxylic acids is 2. The van der Waals surface area contributed by atoms with E-state index in [9.17, 15) is 9.59 Å². The van der Waals surface area contributed by atoms with E-state index < -0.39 is 23.8 Å². The SMILES string of the molecule is O=C1OOC(=O)[C@H](c2ccccc2)[C@H]1c1ccccc1. The number of carbonyl (C=O) groups is 2. The van der Waals surface area contributed by atoms with Gasteiger partial charge in [0.15, 0.2) is 0 Å². The highest BCUT2D eigenvalue weighted by molar-refractivity contribution is 5.92. The van der Waals surface area contributed by atoms with E-state index in [4.69, 9.17) is 0 Å².